The first-order valence-corrected chi connectivity index (χ1v) is 9.65. The number of carbonyl (C=O) groups excluding carboxylic acids is 1. The van der Waals surface area contributed by atoms with Gasteiger partial charge in [0, 0.05) is 25.4 Å². The van der Waals surface area contributed by atoms with E-state index in [1.807, 2.05) is 13.8 Å². The van der Waals surface area contributed by atoms with Crippen molar-refractivity contribution in [2.45, 2.75) is 45.6 Å². The molecule has 0 radical (unpaired) electrons. The fourth-order valence-corrected chi connectivity index (χ4v) is 3.44. The summed E-state index contributed by atoms with van der Waals surface area (Å²) in [6, 6.07) is 0. The fraction of sp³-hybridized carbons (Fsp3) is 0.786. The van der Waals surface area contributed by atoms with Gasteiger partial charge < -0.3 is 9.84 Å². The van der Waals surface area contributed by atoms with E-state index in [-0.39, 0.29) is 18.4 Å². The molecule has 0 aromatic carbocycles. The minimum Gasteiger partial charge on any atom is -0.347 e. The smallest absolute Gasteiger partial charge is 0.246 e. The molecular weight excluding hydrogens is 320 g/mol. The van der Waals surface area contributed by atoms with Crippen LogP contribution < -0.4 is 5.32 Å². The van der Waals surface area contributed by atoms with E-state index in [2.05, 4.69) is 15.5 Å². The second kappa shape index (κ2) is 7.39. The minimum atomic E-state index is -3.13. The summed E-state index contributed by atoms with van der Waals surface area (Å²) >= 11 is 0. The molecule has 0 saturated carbocycles. The minimum absolute atomic E-state index is 0.0405. The van der Waals surface area contributed by atoms with Gasteiger partial charge in [-0.3, -0.25) is 4.79 Å². The fourth-order valence-electron chi connectivity index (χ4n) is 2.57. The SMILES string of the molecule is CC(C)CC(=O)NCc1nc(C2CCN(S(C)(=O)=O)CC2)no1. The summed E-state index contributed by atoms with van der Waals surface area (Å²) in [5, 5.41) is 6.71. The van der Waals surface area contributed by atoms with Gasteiger partial charge >= 0.3 is 0 Å². The zero-order valence-electron chi connectivity index (χ0n) is 13.8. The highest BCUT2D eigenvalue weighted by molar-refractivity contribution is 7.88. The molecule has 0 spiro atoms. The van der Waals surface area contributed by atoms with Crippen LogP contribution in [0.15, 0.2) is 4.52 Å². The molecule has 1 aliphatic heterocycles. The van der Waals surface area contributed by atoms with E-state index in [0.717, 1.165) is 0 Å². The third-order valence-corrected chi connectivity index (χ3v) is 5.11. The summed E-state index contributed by atoms with van der Waals surface area (Å²) < 4.78 is 29.6. The standard InChI is InChI=1S/C14H24N4O4S/c1-10(2)8-12(19)15-9-13-16-14(17-22-13)11-4-6-18(7-5-11)23(3,20)21/h10-11H,4-9H2,1-3H3,(H,15,19). The summed E-state index contributed by atoms with van der Waals surface area (Å²) in [4.78, 5) is 15.9. The summed E-state index contributed by atoms with van der Waals surface area (Å²) in [6.07, 6.45) is 3.03. The lowest BCUT2D eigenvalue weighted by Crippen LogP contribution is -2.37. The molecule has 1 N–H and O–H groups in total. The predicted molar refractivity (Wildman–Crippen MR) is 84.0 cm³/mol. The molecule has 8 nitrogen and oxygen atoms in total. The molecule has 1 aliphatic rings. The molecule has 1 saturated heterocycles. The molecule has 0 atom stereocenters. The Balaban J connectivity index is 1.85. The second-order valence-electron chi connectivity index (χ2n) is 6.36. The summed E-state index contributed by atoms with van der Waals surface area (Å²) in [6.45, 7) is 5.12. The average Bonchev–Trinajstić information content (AvgIpc) is 2.92. The lowest BCUT2D eigenvalue weighted by molar-refractivity contribution is -0.122. The van der Waals surface area contributed by atoms with E-state index in [9.17, 15) is 13.2 Å². The zero-order chi connectivity index (χ0) is 17.0. The van der Waals surface area contributed by atoms with Crippen LogP contribution in [0.3, 0.4) is 0 Å². The quantitative estimate of drug-likeness (QED) is 0.821. The number of nitrogens with zero attached hydrogens (tertiary/aromatic N) is 3. The molecule has 0 aliphatic carbocycles. The molecule has 1 fully saturated rings. The maximum absolute atomic E-state index is 11.6. The van der Waals surface area contributed by atoms with Crippen LogP contribution in [0.5, 0.6) is 0 Å². The van der Waals surface area contributed by atoms with Gasteiger partial charge in [0.15, 0.2) is 5.82 Å². The normalized spacial score (nSPS) is 17.6. The topological polar surface area (TPSA) is 105 Å². The largest absolute Gasteiger partial charge is 0.347 e. The molecule has 0 unspecified atom stereocenters. The number of piperidine rings is 1. The number of sulfonamides is 1. The number of aromatic nitrogens is 2. The van der Waals surface area contributed by atoms with Crippen LogP contribution in [-0.4, -0.2) is 48.1 Å². The first kappa shape index (κ1) is 17.9. The predicted octanol–water partition coefficient (Wildman–Crippen LogP) is 0.871. The van der Waals surface area contributed by atoms with Gasteiger partial charge in [-0.05, 0) is 18.8 Å². The highest BCUT2D eigenvalue weighted by Crippen LogP contribution is 2.26. The number of hydrogen-bond acceptors (Lipinski definition) is 6. The van der Waals surface area contributed by atoms with Crippen LogP contribution in [0, 0.1) is 5.92 Å². The van der Waals surface area contributed by atoms with Gasteiger partial charge in [-0.15, -0.1) is 0 Å². The van der Waals surface area contributed by atoms with Crippen molar-refractivity contribution in [2.24, 2.45) is 5.92 Å². The molecule has 1 aromatic rings. The van der Waals surface area contributed by atoms with Crippen molar-refractivity contribution in [3.05, 3.63) is 11.7 Å². The Bertz CT molecular complexity index is 633. The van der Waals surface area contributed by atoms with Crippen LogP contribution in [0.1, 0.15) is 50.7 Å². The third kappa shape index (κ3) is 5.28. The van der Waals surface area contributed by atoms with Crippen LogP contribution in [-0.2, 0) is 21.4 Å². The number of nitrogens with one attached hydrogen (secondary N) is 1. The van der Waals surface area contributed by atoms with E-state index in [0.29, 0.717) is 50.0 Å². The van der Waals surface area contributed by atoms with Gasteiger partial charge in [-0.25, -0.2) is 12.7 Å². The van der Waals surface area contributed by atoms with Gasteiger partial charge in [0.05, 0.1) is 12.8 Å². The number of carbonyl (C=O) groups is 1. The number of rotatable bonds is 6. The highest BCUT2D eigenvalue weighted by atomic mass is 32.2. The molecule has 9 heteroatoms. The van der Waals surface area contributed by atoms with E-state index >= 15 is 0 Å². The van der Waals surface area contributed by atoms with Crippen molar-refractivity contribution >= 4 is 15.9 Å². The maximum Gasteiger partial charge on any atom is 0.246 e. The van der Waals surface area contributed by atoms with Crippen molar-refractivity contribution < 1.29 is 17.7 Å². The molecule has 2 heterocycles. The van der Waals surface area contributed by atoms with Gasteiger partial charge in [0.25, 0.3) is 0 Å². The van der Waals surface area contributed by atoms with Crippen molar-refractivity contribution in [3.63, 3.8) is 0 Å². The second-order valence-corrected chi connectivity index (χ2v) is 8.34. The summed E-state index contributed by atoms with van der Waals surface area (Å²) in [7, 11) is -3.13. The van der Waals surface area contributed by atoms with Crippen molar-refractivity contribution in [3.8, 4) is 0 Å². The molecular formula is C14H24N4O4S. The molecule has 1 aromatic heterocycles. The molecule has 1 amide bonds. The van der Waals surface area contributed by atoms with E-state index in [4.69, 9.17) is 4.52 Å². The third-order valence-electron chi connectivity index (χ3n) is 3.80. The molecule has 0 bridgehead atoms. The Labute approximate surface area is 136 Å². The van der Waals surface area contributed by atoms with Crippen LogP contribution in [0.4, 0.5) is 0 Å². The van der Waals surface area contributed by atoms with Gasteiger partial charge in [0.1, 0.15) is 0 Å². The Hall–Kier alpha value is -1.48. The van der Waals surface area contributed by atoms with Crippen LogP contribution >= 0.6 is 0 Å². The molecule has 130 valence electrons. The highest BCUT2D eigenvalue weighted by Gasteiger charge is 2.28. The van der Waals surface area contributed by atoms with Crippen molar-refractivity contribution in [1.29, 1.82) is 0 Å². The first-order valence-electron chi connectivity index (χ1n) is 7.80. The average molecular weight is 344 g/mol. The Morgan fingerprint density at radius 2 is 2.04 bits per heavy atom. The lowest BCUT2D eigenvalue weighted by atomic mass is 9.98. The van der Waals surface area contributed by atoms with Crippen molar-refractivity contribution in [1.82, 2.24) is 19.8 Å². The summed E-state index contributed by atoms with van der Waals surface area (Å²) in [5.74, 6) is 1.32. The van der Waals surface area contributed by atoms with Gasteiger partial charge in [0.2, 0.25) is 21.8 Å². The van der Waals surface area contributed by atoms with Crippen LogP contribution in [0.2, 0.25) is 0 Å². The van der Waals surface area contributed by atoms with Gasteiger partial charge in [-0.1, -0.05) is 19.0 Å². The van der Waals surface area contributed by atoms with Gasteiger partial charge in [-0.2, -0.15) is 4.98 Å². The Morgan fingerprint density at radius 3 is 2.61 bits per heavy atom. The van der Waals surface area contributed by atoms with Crippen molar-refractivity contribution in [2.75, 3.05) is 19.3 Å². The number of amides is 1. The Kier molecular flexibility index (Phi) is 5.74. The van der Waals surface area contributed by atoms with E-state index in [1.54, 1.807) is 0 Å². The monoisotopic (exact) mass is 344 g/mol. The van der Waals surface area contributed by atoms with E-state index in [1.165, 1.54) is 10.6 Å². The van der Waals surface area contributed by atoms with E-state index < -0.39 is 10.0 Å². The van der Waals surface area contributed by atoms with Crippen LogP contribution in [0.25, 0.3) is 0 Å². The number of hydrogen-bond donors (Lipinski definition) is 1. The molecule has 23 heavy (non-hydrogen) atoms. The zero-order valence-corrected chi connectivity index (χ0v) is 14.6. The maximum atomic E-state index is 11.6. The lowest BCUT2D eigenvalue weighted by Gasteiger charge is -2.28. The summed E-state index contributed by atoms with van der Waals surface area (Å²) in [5.41, 5.74) is 0. The Morgan fingerprint density at radius 1 is 1.39 bits per heavy atom. The first-order chi connectivity index (χ1) is 10.8. The molecule has 2 rings (SSSR count).